The van der Waals surface area contributed by atoms with Crippen molar-refractivity contribution in [2.45, 2.75) is 13.3 Å². The van der Waals surface area contributed by atoms with E-state index in [0.717, 1.165) is 12.0 Å². The summed E-state index contributed by atoms with van der Waals surface area (Å²) in [5, 5.41) is 1.87. The summed E-state index contributed by atoms with van der Waals surface area (Å²) < 4.78 is 5.14. The highest BCUT2D eigenvalue weighted by molar-refractivity contribution is 7.12. The van der Waals surface area contributed by atoms with Gasteiger partial charge in [-0.15, -0.1) is 11.3 Å². The Bertz CT molecular complexity index is 794. The molecule has 0 atom stereocenters. The third-order valence-corrected chi connectivity index (χ3v) is 5.43. The van der Waals surface area contributed by atoms with Gasteiger partial charge < -0.3 is 14.5 Å². The molecular formula is C20H22N2O4S. The molecule has 2 heterocycles. The molecule has 1 saturated heterocycles. The zero-order chi connectivity index (χ0) is 19.2. The summed E-state index contributed by atoms with van der Waals surface area (Å²) in [6, 6.07) is 10.8. The van der Waals surface area contributed by atoms with E-state index >= 15 is 0 Å². The maximum Gasteiger partial charge on any atom is 0.338 e. The minimum Gasteiger partial charge on any atom is -0.452 e. The van der Waals surface area contributed by atoms with Crippen molar-refractivity contribution in [1.82, 2.24) is 9.80 Å². The summed E-state index contributed by atoms with van der Waals surface area (Å²) in [6.07, 6.45) is 0.898. The number of thiophene rings is 1. The number of hydrogen-bond donors (Lipinski definition) is 0. The summed E-state index contributed by atoms with van der Waals surface area (Å²) >= 11 is 1.41. The maximum absolute atomic E-state index is 12.3. The Morgan fingerprint density at radius 3 is 2.26 bits per heavy atom. The van der Waals surface area contributed by atoms with E-state index in [1.165, 1.54) is 11.3 Å². The molecule has 0 N–H and O–H groups in total. The van der Waals surface area contributed by atoms with Crippen LogP contribution < -0.4 is 0 Å². The SMILES string of the molecule is CCc1ccc(C(=O)OCC(=O)N2CCN(C(=O)c3cccs3)CC2)cc1. The summed E-state index contributed by atoms with van der Waals surface area (Å²) in [4.78, 5) is 40.7. The molecule has 2 amide bonds. The topological polar surface area (TPSA) is 66.9 Å². The lowest BCUT2D eigenvalue weighted by atomic mass is 10.1. The molecule has 0 saturated carbocycles. The lowest BCUT2D eigenvalue weighted by molar-refractivity contribution is -0.136. The van der Waals surface area contributed by atoms with Crippen molar-refractivity contribution < 1.29 is 19.1 Å². The third-order valence-electron chi connectivity index (χ3n) is 4.58. The van der Waals surface area contributed by atoms with E-state index in [1.54, 1.807) is 28.0 Å². The van der Waals surface area contributed by atoms with Crippen molar-refractivity contribution in [2.75, 3.05) is 32.8 Å². The van der Waals surface area contributed by atoms with Crippen molar-refractivity contribution in [3.05, 3.63) is 57.8 Å². The molecule has 1 aromatic carbocycles. The van der Waals surface area contributed by atoms with Gasteiger partial charge in [-0.1, -0.05) is 25.1 Å². The second-order valence-electron chi connectivity index (χ2n) is 6.28. The second-order valence-corrected chi connectivity index (χ2v) is 7.22. The summed E-state index contributed by atoms with van der Waals surface area (Å²) in [5.74, 6) is -0.742. The highest BCUT2D eigenvalue weighted by Crippen LogP contribution is 2.14. The zero-order valence-electron chi connectivity index (χ0n) is 15.2. The molecule has 0 aliphatic carbocycles. The van der Waals surface area contributed by atoms with Gasteiger partial charge in [0.2, 0.25) is 0 Å². The number of carbonyl (C=O) groups excluding carboxylic acids is 3. The van der Waals surface area contributed by atoms with Crippen molar-refractivity contribution in [2.24, 2.45) is 0 Å². The van der Waals surface area contributed by atoms with Gasteiger partial charge in [0.15, 0.2) is 6.61 Å². The molecule has 0 spiro atoms. The van der Waals surface area contributed by atoms with Crippen LogP contribution in [0.3, 0.4) is 0 Å². The second kappa shape index (κ2) is 8.81. The van der Waals surface area contributed by atoms with E-state index in [9.17, 15) is 14.4 Å². The van der Waals surface area contributed by atoms with Crippen molar-refractivity contribution >= 4 is 29.1 Å². The van der Waals surface area contributed by atoms with Gasteiger partial charge in [0.05, 0.1) is 10.4 Å². The number of piperazine rings is 1. The zero-order valence-corrected chi connectivity index (χ0v) is 16.0. The van der Waals surface area contributed by atoms with E-state index in [1.807, 2.05) is 30.5 Å². The molecule has 0 bridgehead atoms. The number of rotatable bonds is 5. The standard InChI is InChI=1S/C20H22N2O4S/c1-2-15-5-7-16(8-6-15)20(25)26-14-18(23)21-9-11-22(12-10-21)19(24)17-4-3-13-27-17/h3-8,13H,2,9-12,14H2,1H3. The van der Waals surface area contributed by atoms with Crippen LogP contribution in [0.15, 0.2) is 41.8 Å². The molecule has 0 radical (unpaired) electrons. The van der Waals surface area contributed by atoms with Crippen LogP contribution in [0.5, 0.6) is 0 Å². The molecule has 0 unspecified atom stereocenters. The number of esters is 1. The quantitative estimate of drug-likeness (QED) is 0.741. The van der Waals surface area contributed by atoms with E-state index in [-0.39, 0.29) is 18.4 Å². The number of aryl methyl sites for hydroxylation is 1. The van der Waals surface area contributed by atoms with E-state index in [0.29, 0.717) is 36.6 Å². The van der Waals surface area contributed by atoms with Crippen LogP contribution >= 0.6 is 11.3 Å². The molecular weight excluding hydrogens is 364 g/mol. The van der Waals surface area contributed by atoms with Gasteiger partial charge in [0, 0.05) is 26.2 Å². The van der Waals surface area contributed by atoms with Crippen molar-refractivity contribution in [3.63, 3.8) is 0 Å². The van der Waals surface area contributed by atoms with Gasteiger partial charge in [-0.2, -0.15) is 0 Å². The predicted octanol–water partition coefficient (Wildman–Crippen LogP) is 2.45. The number of carbonyl (C=O) groups is 3. The lowest BCUT2D eigenvalue weighted by Crippen LogP contribution is -2.51. The van der Waals surface area contributed by atoms with Gasteiger partial charge >= 0.3 is 5.97 Å². The monoisotopic (exact) mass is 386 g/mol. The minimum atomic E-state index is -0.502. The smallest absolute Gasteiger partial charge is 0.338 e. The number of hydrogen-bond acceptors (Lipinski definition) is 5. The molecule has 1 fully saturated rings. The van der Waals surface area contributed by atoms with Crippen LogP contribution in [0.2, 0.25) is 0 Å². The molecule has 1 aliphatic heterocycles. The van der Waals surface area contributed by atoms with Gasteiger partial charge in [-0.3, -0.25) is 9.59 Å². The van der Waals surface area contributed by atoms with E-state index < -0.39 is 5.97 Å². The van der Waals surface area contributed by atoms with Crippen LogP contribution in [0.1, 0.15) is 32.5 Å². The minimum absolute atomic E-state index is 0.000877. The highest BCUT2D eigenvalue weighted by atomic mass is 32.1. The van der Waals surface area contributed by atoms with E-state index in [2.05, 4.69) is 0 Å². The highest BCUT2D eigenvalue weighted by Gasteiger charge is 2.25. The lowest BCUT2D eigenvalue weighted by Gasteiger charge is -2.34. The Kier molecular flexibility index (Phi) is 6.24. The molecule has 6 nitrogen and oxygen atoms in total. The molecule has 2 aromatic rings. The molecule has 142 valence electrons. The van der Waals surface area contributed by atoms with Crippen LogP contribution in [0, 0.1) is 0 Å². The van der Waals surface area contributed by atoms with Gasteiger partial charge in [0.25, 0.3) is 11.8 Å². The summed E-state index contributed by atoms with van der Waals surface area (Å²) in [7, 11) is 0. The molecule has 1 aromatic heterocycles. The average Bonchev–Trinajstić information content (AvgIpc) is 3.26. The van der Waals surface area contributed by atoms with Crippen molar-refractivity contribution in [3.8, 4) is 0 Å². The fourth-order valence-corrected chi connectivity index (χ4v) is 3.58. The number of amides is 2. The van der Waals surface area contributed by atoms with Gasteiger partial charge in [0.1, 0.15) is 0 Å². The largest absolute Gasteiger partial charge is 0.452 e. The predicted molar refractivity (Wildman–Crippen MR) is 103 cm³/mol. The fraction of sp³-hybridized carbons (Fsp3) is 0.350. The number of nitrogens with zero attached hydrogens (tertiary/aromatic N) is 2. The summed E-state index contributed by atoms with van der Waals surface area (Å²) in [5.41, 5.74) is 1.57. The maximum atomic E-state index is 12.3. The Balaban J connectivity index is 1.45. The van der Waals surface area contributed by atoms with E-state index in [4.69, 9.17) is 4.74 Å². The van der Waals surface area contributed by atoms with Crippen LogP contribution in [0.25, 0.3) is 0 Å². The van der Waals surface area contributed by atoms with Crippen molar-refractivity contribution in [1.29, 1.82) is 0 Å². The van der Waals surface area contributed by atoms with Gasteiger partial charge in [-0.05, 0) is 35.6 Å². The molecule has 3 rings (SSSR count). The first-order valence-corrected chi connectivity index (χ1v) is 9.83. The number of ether oxygens (including phenoxy) is 1. The Labute approximate surface area is 162 Å². The molecule has 27 heavy (non-hydrogen) atoms. The normalized spacial score (nSPS) is 14.1. The molecule has 1 aliphatic rings. The van der Waals surface area contributed by atoms with Crippen LogP contribution in [0.4, 0.5) is 0 Å². The fourth-order valence-electron chi connectivity index (χ4n) is 2.89. The average molecular weight is 386 g/mol. The molecule has 7 heteroatoms. The van der Waals surface area contributed by atoms with Crippen LogP contribution in [-0.2, 0) is 16.0 Å². The van der Waals surface area contributed by atoms with Gasteiger partial charge in [-0.25, -0.2) is 4.79 Å². The van der Waals surface area contributed by atoms with Crippen LogP contribution in [-0.4, -0.2) is 60.4 Å². The Morgan fingerprint density at radius 2 is 1.67 bits per heavy atom. The Hall–Kier alpha value is -2.67. The third kappa shape index (κ3) is 4.74. The summed E-state index contributed by atoms with van der Waals surface area (Å²) in [6.45, 7) is 3.61. The first kappa shape index (κ1) is 19.1. The first-order valence-electron chi connectivity index (χ1n) is 8.95. The Morgan fingerprint density at radius 1 is 1.00 bits per heavy atom. The number of benzene rings is 1. The first-order chi connectivity index (χ1) is 13.1.